The van der Waals surface area contributed by atoms with Crippen molar-refractivity contribution in [2.24, 2.45) is 5.92 Å². The Morgan fingerprint density at radius 2 is 1.90 bits per heavy atom. The lowest BCUT2D eigenvalue weighted by atomic mass is 9.79. The third-order valence-corrected chi connectivity index (χ3v) is 5.47. The molecule has 0 radical (unpaired) electrons. The van der Waals surface area contributed by atoms with Gasteiger partial charge in [-0.05, 0) is 43.2 Å². The smallest absolute Gasteiger partial charge is 0.273 e. The fourth-order valence-electron chi connectivity index (χ4n) is 3.86. The zero-order valence-corrected chi connectivity index (χ0v) is 13.1. The van der Waals surface area contributed by atoms with E-state index >= 15 is 0 Å². The molecule has 0 saturated heterocycles. The van der Waals surface area contributed by atoms with Crippen LogP contribution in [-0.4, -0.2) is 15.0 Å². The van der Waals surface area contributed by atoms with Gasteiger partial charge in [-0.2, -0.15) is 5.10 Å². The Bertz CT molecular complexity index is 517. The molecule has 0 aromatic carbocycles. The van der Waals surface area contributed by atoms with Crippen LogP contribution in [0.15, 0.2) is 0 Å². The number of hydrogen-bond acceptors (Lipinski definition) is 2. The van der Waals surface area contributed by atoms with Gasteiger partial charge in [0.1, 0.15) is 5.69 Å². The van der Waals surface area contributed by atoms with Crippen LogP contribution >= 0.6 is 11.6 Å². The number of halogens is 1. The van der Waals surface area contributed by atoms with Crippen molar-refractivity contribution < 1.29 is 4.79 Å². The Kier molecular flexibility index (Phi) is 3.89. The SMILES string of the molecule is C[C@@H]1c2c(c(C(=O)Cl)nn2C2CCCCC2)CC[C@@H]1C. The monoisotopic (exact) mass is 294 g/mol. The van der Waals surface area contributed by atoms with Crippen molar-refractivity contribution in [2.45, 2.75) is 70.8 Å². The number of carbonyl (C=O) groups excluding carboxylic acids is 1. The number of fused-ring (bicyclic) bond motifs is 1. The van der Waals surface area contributed by atoms with E-state index in [2.05, 4.69) is 23.6 Å². The van der Waals surface area contributed by atoms with Gasteiger partial charge in [0.2, 0.25) is 0 Å². The van der Waals surface area contributed by atoms with E-state index in [1.54, 1.807) is 0 Å². The molecule has 1 aromatic heterocycles. The highest BCUT2D eigenvalue weighted by molar-refractivity contribution is 6.67. The Hall–Kier alpha value is -0.830. The van der Waals surface area contributed by atoms with Crippen molar-refractivity contribution in [3.05, 3.63) is 17.0 Å². The zero-order valence-electron chi connectivity index (χ0n) is 12.4. The summed E-state index contributed by atoms with van der Waals surface area (Å²) in [6, 6.07) is 0.468. The first-order chi connectivity index (χ1) is 9.59. The quantitative estimate of drug-likeness (QED) is 0.755. The van der Waals surface area contributed by atoms with E-state index < -0.39 is 5.24 Å². The first-order valence-corrected chi connectivity index (χ1v) is 8.28. The summed E-state index contributed by atoms with van der Waals surface area (Å²) in [6.45, 7) is 4.57. The van der Waals surface area contributed by atoms with Gasteiger partial charge in [0.25, 0.3) is 5.24 Å². The topological polar surface area (TPSA) is 34.9 Å². The third-order valence-electron chi connectivity index (χ3n) is 5.29. The number of aromatic nitrogens is 2. The number of rotatable bonds is 2. The molecule has 0 aliphatic heterocycles. The van der Waals surface area contributed by atoms with E-state index in [1.807, 2.05) is 0 Å². The summed E-state index contributed by atoms with van der Waals surface area (Å²) in [4.78, 5) is 11.7. The number of hydrogen-bond donors (Lipinski definition) is 0. The predicted octanol–water partition coefficient (Wildman–Crippen LogP) is 4.45. The molecule has 0 amide bonds. The van der Waals surface area contributed by atoms with Crippen molar-refractivity contribution in [3.63, 3.8) is 0 Å². The molecule has 3 rings (SSSR count). The van der Waals surface area contributed by atoms with Crippen LogP contribution in [0.3, 0.4) is 0 Å². The highest BCUT2D eigenvalue weighted by Crippen LogP contribution is 2.41. The van der Waals surface area contributed by atoms with Crippen molar-refractivity contribution >= 4 is 16.8 Å². The van der Waals surface area contributed by atoms with E-state index in [9.17, 15) is 4.79 Å². The minimum absolute atomic E-state index is 0.391. The molecule has 1 saturated carbocycles. The van der Waals surface area contributed by atoms with Crippen LogP contribution in [0.2, 0.25) is 0 Å². The first kappa shape index (κ1) is 14.1. The molecule has 1 aromatic rings. The Morgan fingerprint density at radius 1 is 1.20 bits per heavy atom. The number of carbonyl (C=O) groups is 1. The Morgan fingerprint density at radius 3 is 2.55 bits per heavy atom. The molecule has 3 nitrogen and oxygen atoms in total. The van der Waals surface area contributed by atoms with Gasteiger partial charge in [-0.15, -0.1) is 0 Å². The van der Waals surface area contributed by atoms with Crippen LogP contribution in [-0.2, 0) is 6.42 Å². The summed E-state index contributed by atoms with van der Waals surface area (Å²) in [7, 11) is 0. The van der Waals surface area contributed by atoms with Gasteiger partial charge < -0.3 is 0 Å². The third kappa shape index (κ3) is 2.30. The molecule has 110 valence electrons. The Labute approximate surface area is 125 Å². The summed E-state index contributed by atoms with van der Waals surface area (Å²) in [5.74, 6) is 1.12. The van der Waals surface area contributed by atoms with E-state index in [0.29, 0.717) is 23.6 Å². The Balaban J connectivity index is 2.07. The second-order valence-electron chi connectivity index (χ2n) is 6.53. The molecule has 0 spiro atoms. The van der Waals surface area contributed by atoms with Gasteiger partial charge in [0.05, 0.1) is 6.04 Å². The molecule has 0 bridgehead atoms. The van der Waals surface area contributed by atoms with Crippen LogP contribution in [0.1, 0.15) is 86.1 Å². The normalized spacial score (nSPS) is 27.4. The standard InChI is InChI=1S/C16H23ClN2O/c1-10-8-9-13-14(16(17)20)18-19(15(13)11(10)2)12-6-4-3-5-7-12/h10-12H,3-9H2,1-2H3/t10-,11-/m0/s1. The first-order valence-electron chi connectivity index (χ1n) is 7.90. The summed E-state index contributed by atoms with van der Waals surface area (Å²) >= 11 is 5.76. The maximum absolute atomic E-state index is 11.7. The lowest BCUT2D eigenvalue weighted by molar-refractivity contribution is 0.107. The fourth-order valence-corrected chi connectivity index (χ4v) is 4.02. The van der Waals surface area contributed by atoms with Crippen molar-refractivity contribution in [3.8, 4) is 0 Å². The molecule has 2 atom stereocenters. The maximum Gasteiger partial charge on any atom is 0.273 e. The fraction of sp³-hybridized carbons (Fsp3) is 0.750. The zero-order chi connectivity index (χ0) is 14.3. The minimum Gasteiger partial charge on any atom is -0.274 e. The van der Waals surface area contributed by atoms with Crippen molar-refractivity contribution in [1.29, 1.82) is 0 Å². The van der Waals surface area contributed by atoms with Crippen LogP contribution in [0.25, 0.3) is 0 Å². The van der Waals surface area contributed by atoms with Gasteiger partial charge in [-0.1, -0.05) is 33.1 Å². The van der Waals surface area contributed by atoms with Gasteiger partial charge in [-0.25, -0.2) is 0 Å². The molecule has 2 aliphatic rings. The van der Waals surface area contributed by atoms with Crippen molar-refractivity contribution in [1.82, 2.24) is 9.78 Å². The second kappa shape index (κ2) is 5.51. The van der Waals surface area contributed by atoms with Crippen LogP contribution in [0.4, 0.5) is 0 Å². The summed E-state index contributed by atoms with van der Waals surface area (Å²) < 4.78 is 2.17. The summed E-state index contributed by atoms with van der Waals surface area (Å²) in [5, 5.41) is 4.24. The average molecular weight is 295 g/mol. The highest BCUT2D eigenvalue weighted by Gasteiger charge is 2.34. The molecule has 2 aliphatic carbocycles. The highest BCUT2D eigenvalue weighted by atomic mass is 35.5. The molecule has 0 unspecified atom stereocenters. The van der Waals surface area contributed by atoms with Gasteiger partial charge >= 0.3 is 0 Å². The predicted molar refractivity (Wildman–Crippen MR) is 80.4 cm³/mol. The van der Waals surface area contributed by atoms with Crippen LogP contribution in [0, 0.1) is 5.92 Å². The van der Waals surface area contributed by atoms with Crippen LogP contribution < -0.4 is 0 Å². The molecular formula is C16H23ClN2O. The van der Waals surface area contributed by atoms with Gasteiger partial charge in [0, 0.05) is 17.2 Å². The van der Waals surface area contributed by atoms with Crippen molar-refractivity contribution in [2.75, 3.05) is 0 Å². The minimum atomic E-state index is -0.391. The second-order valence-corrected chi connectivity index (χ2v) is 6.87. The van der Waals surface area contributed by atoms with E-state index in [1.165, 1.54) is 37.8 Å². The molecule has 4 heteroatoms. The van der Waals surface area contributed by atoms with Crippen LogP contribution in [0.5, 0.6) is 0 Å². The van der Waals surface area contributed by atoms with E-state index in [0.717, 1.165) is 18.4 Å². The molecule has 1 fully saturated rings. The van der Waals surface area contributed by atoms with Gasteiger partial charge in [-0.3, -0.25) is 9.48 Å². The van der Waals surface area contributed by atoms with E-state index in [-0.39, 0.29) is 0 Å². The number of nitrogens with zero attached hydrogens (tertiary/aromatic N) is 2. The maximum atomic E-state index is 11.7. The molecule has 1 heterocycles. The molecule has 20 heavy (non-hydrogen) atoms. The largest absolute Gasteiger partial charge is 0.274 e. The summed E-state index contributed by atoms with van der Waals surface area (Å²) in [6.07, 6.45) is 8.31. The average Bonchev–Trinajstić information content (AvgIpc) is 2.84. The lowest BCUT2D eigenvalue weighted by Gasteiger charge is -2.31. The van der Waals surface area contributed by atoms with Gasteiger partial charge in [0.15, 0.2) is 0 Å². The van der Waals surface area contributed by atoms with E-state index in [4.69, 9.17) is 11.6 Å². The molecule has 0 N–H and O–H groups in total. The summed E-state index contributed by atoms with van der Waals surface area (Å²) in [5.41, 5.74) is 2.94. The molecular weight excluding hydrogens is 272 g/mol. The lowest BCUT2D eigenvalue weighted by Crippen LogP contribution is -2.23.